The molecule has 2 aliphatic heterocycles. The summed E-state index contributed by atoms with van der Waals surface area (Å²) in [6, 6.07) is 7.40. The van der Waals surface area contributed by atoms with Crippen molar-refractivity contribution in [3.05, 3.63) is 63.1 Å². The van der Waals surface area contributed by atoms with E-state index >= 15 is 0 Å². The Morgan fingerprint density at radius 3 is 2.63 bits per heavy atom. The zero-order valence-electron chi connectivity index (χ0n) is 17.0. The first-order chi connectivity index (χ1) is 14.4. The SMILES string of the molecule is C=C(c1cc(Cl)c2c(c1Cl)C(=O)N(Cc1ccc(OC)cc1OC)CC2)C1COC1. The molecule has 30 heavy (non-hydrogen) atoms. The lowest BCUT2D eigenvalue weighted by Gasteiger charge is -2.33. The molecule has 1 fully saturated rings. The summed E-state index contributed by atoms with van der Waals surface area (Å²) < 4.78 is 16.0. The quantitative estimate of drug-likeness (QED) is 0.633. The number of fused-ring (bicyclic) bond motifs is 1. The average Bonchev–Trinajstić information content (AvgIpc) is 2.70. The molecular weight excluding hydrogens is 425 g/mol. The molecule has 7 heteroatoms. The van der Waals surface area contributed by atoms with E-state index in [4.69, 9.17) is 37.4 Å². The van der Waals surface area contributed by atoms with Crippen molar-refractivity contribution in [3.63, 3.8) is 0 Å². The standard InChI is InChI=1S/C23H23Cl2NO4/c1-13(15-11-30-12-15)18-9-19(24)17-6-7-26(23(27)21(17)22(18)25)10-14-4-5-16(28-2)8-20(14)29-3/h4-5,8-9,15H,1,6-7,10-12H2,2-3H3. The van der Waals surface area contributed by atoms with Crippen LogP contribution in [0.5, 0.6) is 11.5 Å². The first-order valence-corrected chi connectivity index (χ1v) is 10.5. The molecule has 2 aliphatic rings. The normalized spacial score (nSPS) is 16.1. The Morgan fingerprint density at radius 2 is 2.00 bits per heavy atom. The zero-order chi connectivity index (χ0) is 21.4. The second kappa shape index (κ2) is 8.50. The fourth-order valence-corrected chi connectivity index (χ4v) is 4.54. The fraction of sp³-hybridized carbons (Fsp3) is 0.348. The van der Waals surface area contributed by atoms with E-state index in [0.29, 0.717) is 59.8 Å². The summed E-state index contributed by atoms with van der Waals surface area (Å²) in [5.41, 5.74) is 3.75. The lowest BCUT2D eigenvalue weighted by atomic mass is 9.88. The van der Waals surface area contributed by atoms with E-state index in [9.17, 15) is 4.79 Å². The molecule has 0 atom stereocenters. The van der Waals surface area contributed by atoms with E-state index in [1.165, 1.54) is 0 Å². The first-order valence-electron chi connectivity index (χ1n) is 9.72. The second-order valence-corrected chi connectivity index (χ2v) is 8.27. The molecule has 0 aromatic heterocycles. The molecule has 0 radical (unpaired) electrons. The van der Waals surface area contributed by atoms with E-state index < -0.39 is 0 Å². The molecule has 1 saturated heterocycles. The Kier molecular flexibility index (Phi) is 5.96. The van der Waals surface area contributed by atoms with Crippen LogP contribution in [0.15, 0.2) is 30.8 Å². The van der Waals surface area contributed by atoms with Gasteiger partial charge < -0.3 is 19.1 Å². The summed E-state index contributed by atoms with van der Waals surface area (Å²) in [5, 5.41) is 0.975. The van der Waals surface area contributed by atoms with Crippen LogP contribution in [0.4, 0.5) is 0 Å². The highest BCUT2D eigenvalue weighted by molar-refractivity contribution is 6.38. The minimum atomic E-state index is -0.138. The molecule has 2 aromatic carbocycles. The third kappa shape index (κ3) is 3.66. The molecule has 0 aliphatic carbocycles. The van der Waals surface area contributed by atoms with Crippen LogP contribution in [0.3, 0.4) is 0 Å². The maximum Gasteiger partial charge on any atom is 0.256 e. The van der Waals surface area contributed by atoms with E-state index in [2.05, 4.69) is 6.58 Å². The summed E-state index contributed by atoms with van der Waals surface area (Å²) in [6.07, 6.45) is 0.636. The number of benzene rings is 2. The highest BCUT2D eigenvalue weighted by Gasteiger charge is 2.33. The van der Waals surface area contributed by atoms with Gasteiger partial charge in [0.1, 0.15) is 11.5 Å². The average molecular weight is 448 g/mol. The summed E-state index contributed by atoms with van der Waals surface area (Å²) in [5.74, 6) is 1.43. The molecule has 0 bridgehead atoms. The summed E-state index contributed by atoms with van der Waals surface area (Å²) in [4.78, 5) is 15.2. The van der Waals surface area contributed by atoms with Gasteiger partial charge in [-0.15, -0.1) is 0 Å². The summed E-state index contributed by atoms with van der Waals surface area (Å²) >= 11 is 13.3. The minimum Gasteiger partial charge on any atom is -0.497 e. The van der Waals surface area contributed by atoms with Crippen molar-refractivity contribution in [1.29, 1.82) is 0 Å². The third-order valence-corrected chi connectivity index (χ3v) is 6.51. The maximum atomic E-state index is 13.4. The van der Waals surface area contributed by atoms with Crippen LogP contribution in [0.25, 0.3) is 5.57 Å². The number of nitrogens with zero attached hydrogens (tertiary/aromatic N) is 1. The second-order valence-electron chi connectivity index (χ2n) is 7.49. The lowest BCUT2D eigenvalue weighted by Crippen LogP contribution is -2.38. The number of rotatable bonds is 6. The molecule has 2 aromatic rings. The fourth-order valence-electron chi connectivity index (χ4n) is 3.87. The van der Waals surface area contributed by atoms with Gasteiger partial charge in [0, 0.05) is 35.7 Å². The number of ether oxygens (including phenoxy) is 3. The molecule has 1 amide bonds. The minimum absolute atomic E-state index is 0.138. The number of hydrogen-bond acceptors (Lipinski definition) is 4. The van der Waals surface area contributed by atoms with Gasteiger partial charge in [0.15, 0.2) is 0 Å². The van der Waals surface area contributed by atoms with E-state index in [0.717, 1.165) is 22.3 Å². The molecule has 5 nitrogen and oxygen atoms in total. The highest BCUT2D eigenvalue weighted by Crippen LogP contribution is 2.40. The zero-order valence-corrected chi connectivity index (χ0v) is 18.5. The number of methoxy groups -OCH3 is 2. The van der Waals surface area contributed by atoms with Crippen LogP contribution < -0.4 is 9.47 Å². The molecule has 4 rings (SSSR count). The monoisotopic (exact) mass is 447 g/mol. The number of halogens is 2. The van der Waals surface area contributed by atoms with Crippen molar-refractivity contribution in [3.8, 4) is 11.5 Å². The number of carbonyl (C=O) groups excluding carboxylic acids is 1. The van der Waals surface area contributed by atoms with Crippen LogP contribution in [0.2, 0.25) is 10.0 Å². The van der Waals surface area contributed by atoms with Crippen LogP contribution in [-0.2, 0) is 17.7 Å². The largest absolute Gasteiger partial charge is 0.497 e. The summed E-state index contributed by atoms with van der Waals surface area (Å²) in [7, 11) is 3.21. The van der Waals surface area contributed by atoms with Gasteiger partial charge in [-0.2, -0.15) is 0 Å². The molecular formula is C23H23Cl2NO4. The predicted molar refractivity (Wildman–Crippen MR) is 118 cm³/mol. The Balaban J connectivity index is 1.66. The third-order valence-electron chi connectivity index (χ3n) is 5.78. The van der Waals surface area contributed by atoms with Gasteiger partial charge in [0.05, 0.1) is 38.0 Å². The van der Waals surface area contributed by atoms with Gasteiger partial charge >= 0.3 is 0 Å². The van der Waals surface area contributed by atoms with Gasteiger partial charge in [-0.3, -0.25) is 4.79 Å². The van der Waals surface area contributed by atoms with Gasteiger partial charge in [-0.25, -0.2) is 0 Å². The van der Waals surface area contributed by atoms with Gasteiger partial charge in [0.2, 0.25) is 0 Å². The Morgan fingerprint density at radius 1 is 1.23 bits per heavy atom. The van der Waals surface area contributed by atoms with Gasteiger partial charge in [-0.1, -0.05) is 29.8 Å². The topological polar surface area (TPSA) is 48.0 Å². The van der Waals surface area contributed by atoms with Crippen molar-refractivity contribution in [2.75, 3.05) is 34.0 Å². The van der Waals surface area contributed by atoms with Crippen LogP contribution >= 0.6 is 23.2 Å². The smallest absolute Gasteiger partial charge is 0.256 e. The van der Waals surface area contributed by atoms with Crippen molar-refractivity contribution < 1.29 is 19.0 Å². The number of amides is 1. The van der Waals surface area contributed by atoms with Crippen LogP contribution in [0, 0.1) is 5.92 Å². The Hall–Kier alpha value is -2.21. The van der Waals surface area contributed by atoms with Crippen molar-refractivity contribution in [1.82, 2.24) is 4.90 Å². The first kappa shape index (κ1) is 21.0. The Bertz CT molecular complexity index is 1020. The van der Waals surface area contributed by atoms with Gasteiger partial charge in [-0.05, 0) is 41.3 Å². The number of hydrogen-bond donors (Lipinski definition) is 0. The van der Waals surface area contributed by atoms with Crippen LogP contribution in [-0.4, -0.2) is 44.8 Å². The predicted octanol–water partition coefficient (Wildman–Crippen LogP) is 4.87. The van der Waals surface area contributed by atoms with Gasteiger partial charge in [0.25, 0.3) is 5.91 Å². The molecule has 158 valence electrons. The molecule has 2 heterocycles. The van der Waals surface area contributed by atoms with E-state index in [1.54, 1.807) is 19.1 Å². The van der Waals surface area contributed by atoms with Crippen molar-refractivity contribution in [2.45, 2.75) is 13.0 Å². The molecule has 0 saturated carbocycles. The van der Waals surface area contributed by atoms with E-state index in [-0.39, 0.29) is 11.8 Å². The number of carbonyl (C=O) groups is 1. The lowest BCUT2D eigenvalue weighted by molar-refractivity contribution is -0.00258. The van der Waals surface area contributed by atoms with Crippen molar-refractivity contribution >= 4 is 34.7 Å². The highest BCUT2D eigenvalue weighted by atomic mass is 35.5. The molecule has 0 unspecified atom stereocenters. The van der Waals surface area contributed by atoms with Crippen LogP contribution in [0.1, 0.15) is 27.0 Å². The maximum absolute atomic E-state index is 13.4. The van der Waals surface area contributed by atoms with E-state index in [1.807, 2.05) is 24.3 Å². The molecule has 0 N–H and O–H groups in total. The summed E-state index contributed by atoms with van der Waals surface area (Å²) in [6.45, 7) is 6.35. The van der Waals surface area contributed by atoms with Crippen molar-refractivity contribution in [2.24, 2.45) is 5.92 Å². The Labute approximate surface area is 186 Å². The molecule has 0 spiro atoms.